The van der Waals surface area contributed by atoms with Gasteiger partial charge in [0.05, 0.1) is 19.9 Å². The molecule has 1 atom stereocenters. The number of ether oxygens (including phenoxy) is 1. The van der Waals surface area contributed by atoms with Crippen molar-refractivity contribution >= 4 is 17.3 Å². The first-order chi connectivity index (χ1) is 14.2. The molecule has 0 bridgehead atoms. The number of nitrogens with one attached hydrogen (secondary N) is 1. The van der Waals surface area contributed by atoms with E-state index in [1.54, 1.807) is 13.3 Å². The summed E-state index contributed by atoms with van der Waals surface area (Å²) in [6.45, 7) is 0.998. The second-order valence-corrected chi connectivity index (χ2v) is 6.95. The smallest absolute Gasteiger partial charge is 0.249 e. The van der Waals surface area contributed by atoms with Crippen molar-refractivity contribution in [3.05, 3.63) is 60.9 Å². The Labute approximate surface area is 169 Å². The maximum Gasteiger partial charge on any atom is 0.249 e. The summed E-state index contributed by atoms with van der Waals surface area (Å²) >= 11 is 0. The molecule has 1 amide bonds. The summed E-state index contributed by atoms with van der Waals surface area (Å²) in [5.74, 6) is 0.764. The van der Waals surface area contributed by atoms with Crippen LogP contribution in [0.15, 0.2) is 60.9 Å². The Morgan fingerprint density at radius 3 is 2.76 bits per heavy atom. The molecular formula is C22H24N4O3. The van der Waals surface area contributed by atoms with Crippen LogP contribution in [-0.2, 0) is 4.79 Å². The molecule has 1 aliphatic rings. The Balaban J connectivity index is 1.55. The van der Waals surface area contributed by atoms with E-state index in [1.165, 1.54) is 0 Å². The Morgan fingerprint density at radius 1 is 1.24 bits per heavy atom. The zero-order chi connectivity index (χ0) is 20.2. The molecule has 1 aliphatic heterocycles. The molecule has 1 saturated heterocycles. The number of hydrogen-bond donors (Lipinski definition) is 2. The number of H-pyrrole nitrogens is 1. The first-order valence-electron chi connectivity index (χ1n) is 9.63. The monoisotopic (exact) mass is 392 g/mol. The molecule has 2 N–H and O–H groups in total. The number of methoxy groups -OCH3 is 1. The van der Waals surface area contributed by atoms with Gasteiger partial charge in [0.25, 0.3) is 0 Å². The first kappa shape index (κ1) is 19.0. The molecule has 29 heavy (non-hydrogen) atoms. The van der Waals surface area contributed by atoms with Gasteiger partial charge in [-0.15, -0.1) is 0 Å². The third-order valence-corrected chi connectivity index (χ3v) is 5.29. The molecule has 0 radical (unpaired) electrons. The minimum Gasteiger partial charge on any atom is -0.497 e. The van der Waals surface area contributed by atoms with E-state index in [4.69, 9.17) is 4.74 Å². The van der Waals surface area contributed by atoms with Crippen molar-refractivity contribution in [2.45, 2.75) is 12.5 Å². The van der Waals surface area contributed by atoms with Gasteiger partial charge in [-0.1, -0.05) is 18.2 Å². The number of aliphatic hydroxyl groups is 1. The van der Waals surface area contributed by atoms with E-state index in [1.807, 2.05) is 64.5 Å². The SMILES string of the molecule is COc1cccc(N(CCO)C2CCN(c3ccc(-c4cn[nH]c4)cc3)C2=O)c1. The Morgan fingerprint density at radius 2 is 2.07 bits per heavy atom. The summed E-state index contributed by atoms with van der Waals surface area (Å²) in [7, 11) is 1.62. The second-order valence-electron chi connectivity index (χ2n) is 6.95. The number of anilines is 2. The summed E-state index contributed by atoms with van der Waals surface area (Å²) in [6.07, 6.45) is 4.30. The molecule has 150 valence electrons. The molecular weight excluding hydrogens is 368 g/mol. The fraction of sp³-hybridized carbons (Fsp3) is 0.273. The van der Waals surface area contributed by atoms with Crippen LogP contribution in [0.2, 0.25) is 0 Å². The van der Waals surface area contributed by atoms with Crippen molar-refractivity contribution in [3.8, 4) is 16.9 Å². The number of aliphatic hydroxyl groups excluding tert-OH is 1. The van der Waals surface area contributed by atoms with Gasteiger partial charge < -0.3 is 19.6 Å². The quantitative estimate of drug-likeness (QED) is 0.646. The number of carbonyl (C=O) groups excluding carboxylic acids is 1. The predicted octanol–water partition coefficient (Wildman–Crippen LogP) is 2.69. The van der Waals surface area contributed by atoms with E-state index in [2.05, 4.69) is 10.2 Å². The van der Waals surface area contributed by atoms with E-state index in [0.717, 1.165) is 28.3 Å². The van der Waals surface area contributed by atoms with Crippen molar-refractivity contribution < 1.29 is 14.6 Å². The fourth-order valence-corrected chi connectivity index (χ4v) is 3.81. The molecule has 3 aromatic rings. The van der Waals surface area contributed by atoms with Crippen molar-refractivity contribution in [3.63, 3.8) is 0 Å². The van der Waals surface area contributed by atoms with E-state index in [9.17, 15) is 9.90 Å². The number of aromatic nitrogens is 2. The van der Waals surface area contributed by atoms with Crippen LogP contribution < -0.4 is 14.5 Å². The average molecular weight is 392 g/mol. The molecule has 0 spiro atoms. The third kappa shape index (κ3) is 3.82. The Kier molecular flexibility index (Phi) is 5.48. The maximum absolute atomic E-state index is 13.2. The number of hydrogen-bond acceptors (Lipinski definition) is 5. The molecule has 4 rings (SSSR count). The van der Waals surface area contributed by atoms with Crippen molar-refractivity contribution in [1.82, 2.24) is 10.2 Å². The number of nitrogens with zero attached hydrogens (tertiary/aromatic N) is 3. The third-order valence-electron chi connectivity index (χ3n) is 5.29. The number of aromatic amines is 1. The second kappa shape index (κ2) is 8.36. The van der Waals surface area contributed by atoms with Crippen LogP contribution in [-0.4, -0.2) is 54.1 Å². The molecule has 0 aliphatic carbocycles. The van der Waals surface area contributed by atoms with Crippen LogP contribution in [0.4, 0.5) is 11.4 Å². The van der Waals surface area contributed by atoms with Crippen LogP contribution in [0.1, 0.15) is 6.42 Å². The van der Waals surface area contributed by atoms with E-state index >= 15 is 0 Å². The summed E-state index contributed by atoms with van der Waals surface area (Å²) in [5, 5.41) is 16.4. The topological polar surface area (TPSA) is 81.7 Å². The predicted molar refractivity (Wildman–Crippen MR) is 112 cm³/mol. The Bertz CT molecular complexity index is 956. The van der Waals surface area contributed by atoms with Gasteiger partial charge in [0, 0.05) is 42.3 Å². The molecule has 0 saturated carbocycles. The van der Waals surface area contributed by atoms with Crippen molar-refractivity contribution in [2.24, 2.45) is 0 Å². The van der Waals surface area contributed by atoms with Gasteiger partial charge in [0.1, 0.15) is 11.8 Å². The molecule has 1 unspecified atom stereocenters. The number of amides is 1. The number of carbonyl (C=O) groups is 1. The maximum atomic E-state index is 13.2. The van der Waals surface area contributed by atoms with Gasteiger partial charge in [-0.2, -0.15) is 5.10 Å². The van der Waals surface area contributed by atoms with Crippen LogP contribution in [0.5, 0.6) is 5.75 Å². The minimum absolute atomic E-state index is 0.0274. The van der Waals surface area contributed by atoms with E-state index in [-0.39, 0.29) is 18.6 Å². The standard InChI is InChI=1S/C22H24N4O3/c1-29-20-4-2-3-19(13-20)25(11-12-27)21-9-10-26(22(21)28)18-7-5-16(6-8-18)17-14-23-24-15-17/h2-8,13-15,21,27H,9-12H2,1H3,(H,23,24). The van der Waals surface area contributed by atoms with Crippen LogP contribution in [0.25, 0.3) is 11.1 Å². The fourth-order valence-electron chi connectivity index (χ4n) is 3.81. The average Bonchev–Trinajstić information content (AvgIpc) is 3.43. The largest absolute Gasteiger partial charge is 0.497 e. The summed E-state index contributed by atoms with van der Waals surface area (Å²) in [4.78, 5) is 17.0. The molecule has 7 heteroatoms. The molecule has 7 nitrogen and oxygen atoms in total. The van der Waals surface area contributed by atoms with Crippen LogP contribution >= 0.6 is 0 Å². The van der Waals surface area contributed by atoms with Gasteiger partial charge in [-0.3, -0.25) is 9.89 Å². The molecule has 1 aromatic heterocycles. The van der Waals surface area contributed by atoms with Gasteiger partial charge >= 0.3 is 0 Å². The highest BCUT2D eigenvalue weighted by atomic mass is 16.5. The molecule has 2 aromatic carbocycles. The van der Waals surface area contributed by atoms with Gasteiger partial charge in [0.2, 0.25) is 5.91 Å². The van der Waals surface area contributed by atoms with Crippen LogP contribution in [0, 0.1) is 0 Å². The van der Waals surface area contributed by atoms with E-state index in [0.29, 0.717) is 19.5 Å². The summed E-state index contributed by atoms with van der Waals surface area (Å²) in [5.41, 5.74) is 3.80. The number of rotatable bonds is 7. The lowest BCUT2D eigenvalue weighted by molar-refractivity contribution is -0.118. The normalized spacial score (nSPS) is 16.3. The van der Waals surface area contributed by atoms with Gasteiger partial charge in [0.15, 0.2) is 0 Å². The van der Waals surface area contributed by atoms with Gasteiger partial charge in [-0.05, 0) is 36.2 Å². The first-order valence-corrected chi connectivity index (χ1v) is 9.63. The van der Waals surface area contributed by atoms with Crippen molar-refractivity contribution in [1.29, 1.82) is 0 Å². The number of benzene rings is 2. The highest BCUT2D eigenvalue weighted by Crippen LogP contribution is 2.30. The van der Waals surface area contributed by atoms with Crippen molar-refractivity contribution in [2.75, 3.05) is 36.6 Å². The summed E-state index contributed by atoms with van der Waals surface area (Å²) in [6, 6.07) is 15.2. The van der Waals surface area contributed by atoms with Gasteiger partial charge in [-0.25, -0.2) is 0 Å². The lowest BCUT2D eigenvalue weighted by atomic mass is 10.1. The van der Waals surface area contributed by atoms with E-state index < -0.39 is 0 Å². The molecule has 1 fully saturated rings. The lowest BCUT2D eigenvalue weighted by Crippen LogP contribution is -2.43. The zero-order valence-electron chi connectivity index (χ0n) is 16.3. The Hall–Kier alpha value is -3.32. The lowest BCUT2D eigenvalue weighted by Gasteiger charge is -2.30. The minimum atomic E-state index is -0.317. The highest BCUT2D eigenvalue weighted by Gasteiger charge is 2.36. The zero-order valence-corrected chi connectivity index (χ0v) is 16.3. The van der Waals surface area contributed by atoms with Crippen LogP contribution in [0.3, 0.4) is 0 Å². The summed E-state index contributed by atoms with van der Waals surface area (Å²) < 4.78 is 5.31. The highest BCUT2D eigenvalue weighted by molar-refractivity contribution is 6.01. The molecule has 2 heterocycles.